The van der Waals surface area contributed by atoms with E-state index in [9.17, 15) is 5.11 Å². The first-order valence-corrected chi connectivity index (χ1v) is 8.69. The molecule has 0 aliphatic carbocycles. The van der Waals surface area contributed by atoms with E-state index in [1.807, 2.05) is 50.3 Å². The maximum Gasteiger partial charge on any atom is 0.131 e. The summed E-state index contributed by atoms with van der Waals surface area (Å²) in [5.74, 6) is 1.95. The van der Waals surface area contributed by atoms with Crippen molar-refractivity contribution in [2.45, 2.75) is 45.3 Å². The number of ether oxygens (including phenoxy) is 2. The number of aliphatic hydroxyl groups excluding tert-OH is 1. The Balaban J connectivity index is 2.01. The molecule has 3 nitrogen and oxygen atoms in total. The maximum absolute atomic E-state index is 11.0. The molecule has 0 saturated heterocycles. The van der Waals surface area contributed by atoms with E-state index in [-0.39, 0.29) is 0 Å². The highest BCUT2D eigenvalue weighted by molar-refractivity contribution is 5.77. The Morgan fingerprint density at radius 1 is 1.00 bits per heavy atom. The van der Waals surface area contributed by atoms with Gasteiger partial charge in [-0.25, -0.2) is 0 Å². The first-order chi connectivity index (χ1) is 11.8. The van der Waals surface area contributed by atoms with Crippen LogP contribution < -0.4 is 9.47 Å². The molecule has 132 valence electrons. The lowest BCUT2D eigenvalue weighted by Gasteiger charge is -2.33. The van der Waals surface area contributed by atoms with Gasteiger partial charge in [0, 0.05) is 11.6 Å². The zero-order valence-corrected chi connectivity index (χ0v) is 15.5. The number of aliphatic hydroxyl groups is 1. The van der Waals surface area contributed by atoms with E-state index in [1.165, 1.54) is 5.56 Å². The molecule has 1 atom stereocenters. The molecule has 1 aliphatic rings. The van der Waals surface area contributed by atoms with Gasteiger partial charge in [-0.2, -0.15) is 0 Å². The number of rotatable bonds is 4. The average molecular weight is 338 g/mol. The maximum atomic E-state index is 11.0. The molecular formula is C22H26O3. The number of fused-ring (bicyclic) bond motifs is 1. The normalized spacial score (nSPS) is 16.7. The van der Waals surface area contributed by atoms with Gasteiger partial charge in [0.1, 0.15) is 23.2 Å². The Kier molecular flexibility index (Phi) is 4.61. The minimum absolute atomic E-state index is 0.473. The molecule has 0 spiro atoms. The van der Waals surface area contributed by atoms with Crippen molar-refractivity contribution in [3.63, 3.8) is 0 Å². The summed E-state index contributed by atoms with van der Waals surface area (Å²) in [4.78, 5) is 0. The van der Waals surface area contributed by atoms with Crippen molar-refractivity contribution in [2.75, 3.05) is 7.11 Å². The lowest BCUT2D eigenvalue weighted by Crippen LogP contribution is -2.30. The smallest absolute Gasteiger partial charge is 0.131 e. The molecule has 25 heavy (non-hydrogen) atoms. The Morgan fingerprint density at radius 2 is 1.64 bits per heavy atom. The molecule has 0 aromatic heterocycles. The topological polar surface area (TPSA) is 38.7 Å². The third kappa shape index (κ3) is 3.57. The molecular weight excluding hydrogens is 312 g/mol. The molecule has 0 fully saturated rings. The largest absolute Gasteiger partial charge is 0.497 e. The van der Waals surface area contributed by atoms with E-state index >= 15 is 0 Å². The average Bonchev–Trinajstić information content (AvgIpc) is 2.59. The Labute approximate surface area is 149 Å². The van der Waals surface area contributed by atoms with Crippen LogP contribution in [0.5, 0.6) is 11.5 Å². The fourth-order valence-corrected chi connectivity index (χ4v) is 3.19. The third-order valence-corrected chi connectivity index (χ3v) is 4.59. The van der Waals surface area contributed by atoms with E-state index in [4.69, 9.17) is 9.47 Å². The van der Waals surface area contributed by atoms with Crippen molar-refractivity contribution in [1.82, 2.24) is 0 Å². The van der Waals surface area contributed by atoms with Gasteiger partial charge in [-0.1, -0.05) is 38.1 Å². The van der Waals surface area contributed by atoms with Crippen molar-refractivity contribution >= 4 is 5.57 Å². The molecule has 0 bridgehead atoms. The summed E-state index contributed by atoms with van der Waals surface area (Å²) in [6.45, 7) is 8.31. The third-order valence-electron chi connectivity index (χ3n) is 4.59. The standard InChI is InChI=1S/C22H26O3/c1-14(2)15-6-8-16(9-7-15)21(23)19-13-22(3,4)25-20-12-17(24-5)10-11-18(19)20/h6-14,21,23H,1-5H3. The van der Waals surface area contributed by atoms with E-state index in [2.05, 4.69) is 26.0 Å². The molecule has 0 saturated carbocycles. The van der Waals surface area contributed by atoms with Crippen LogP contribution in [0.15, 0.2) is 48.5 Å². The monoisotopic (exact) mass is 338 g/mol. The fourth-order valence-electron chi connectivity index (χ4n) is 3.19. The Hall–Kier alpha value is -2.26. The number of hydrogen-bond acceptors (Lipinski definition) is 3. The van der Waals surface area contributed by atoms with Crippen LogP contribution in [0.2, 0.25) is 0 Å². The molecule has 3 heteroatoms. The van der Waals surface area contributed by atoms with Crippen LogP contribution in [-0.4, -0.2) is 17.8 Å². The molecule has 3 rings (SSSR count). The minimum atomic E-state index is -0.698. The van der Waals surface area contributed by atoms with Gasteiger partial charge < -0.3 is 14.6 Å². The molecule has 1 heterocycles. The fraction of sp³-hybridized carbons (Fsp3) is 0.364. The van der Waals surface area contributed by atoms with Gasteiger partial charge in [0.25, 0.3) is 0 Å². The highest BCUT2D eigenvalue weighted by Crippen LogP contribution is 2.43. The second kappa shape index (κ2) is 6.57. The van der Waals surface area contributed by atoms with Crippen LogP contribution in [0.4, 0.5) is 0 Å². The molecule has 1 N–H and O–H groups in total. The lowest BCUT2D eigenvalue weighted by atomic mass is 9.88. The highest BCUT2D eigenvalue weighted by Gasteiger charge is 2.30. The predicted octanol–water partition coefficient (Wildman–Crippen LogP) is 5.11. The van der Waals surface area contributed by atoms with Crippen molar-refractivity contribution in [1.29, 1.82) is 0 Å². The van der Waals surface area contributed by atoms with E-state index < -0.39 is 11.7 Å². The molecule has 0 radical (unpaired) electrons. The van der Waals surface area contributed by atoms with Gasteiger partial charge in [0.05, 0.1) is 7.11 Å². The van der Waals surface area contributed by atoms with E-state index in [0.717, 1.165) is 28.2 Å². The quantitative estimate of drug-likeness (QED) is 0.842. The zero-order chi connectivity index (χ0) is 18.2. The van der Waals surface area contributed by atoms with Crippen molar-refractivity contribution in [3.8, 4) is 11.5 Å². The van der Waals surface area contributed by atoms with Gasteiger partial charge >= 0.3 is 0 Å². The highest BCUT2D eigenvalue weighted by atomic mass is 16.5. The summed E-state index contributed by atoms with van der Waals surface area (Å²) in [5.41, 5.74) is 3.43. The van der Waals surface area contributed by atoms with Crippen LogP contribution >= 0.6 is 0 Å². The first-order valence-electron chi connectivity index (χ1n) is 8.69. The first kappa shape index (κ1) is 17.6. The van der Waals surface area contributed by atoms with Gasteiger partial charge in [-0.3, -0.25) is 0 Å². The second-order valence-electron chi connectivity index (χ2n) is 7.39. The van der Waals surface area contributed by atoms with Gasteiger partial charge in [-0.05, 0) is 54.7 Å². The summed E-state index contributed by atoms with van der Waals surface area (Å²) >= 11 is 0. The summed E-state index contributed by atoms with van der Waals surface area (Å²) in [7, 11) is 1.64. The number of benzene rings is 2. The van der Waals surface area contributed by atoms with Gasteiger partial charge in [0.15, 0.2) is 0 Å². The van der Waals surface area contributed by atoms with Crippen LogP contribution in [0, 0.1) is 0 Å². The predicted molar refractivity (Wildman–Crippen MR) is 101 cm³/mol. The van der Waals surface area contributed by atoms with Gasteiger partial charge in [-0.15, -0.1) is 0 Å². The Bertz CT molecular complexity index is 785. The summed E-state index contributed by atoms with van der Waals surface area (Å²) in [6.07, 6.45) is 1.31. The summed E-state index contributed by atoms with van der Waals surface area (Å²) < 4.78 is 11.4. The van der Waals surface area contributed by atoms with Gasteiger partial charge in [0.2, 0.25) is 0 Å². The van der Waals surface area contributed by atoms with Crippen molar-refractivity contribution < 1.29 is 14.6 Å². The molecule has 2 aromatic carbocycles. The number of methoxy groups -OCH3 is 1. The van der Waals surface area contributed by atoms with Crippen LogP contribution in [-0.2, 0) is 0 Å². The summed E-state index contributed by atoms with van der Waals surface area (Å²) in [5, 5.41) is 11.0. The SMILES string of the molecule is COc1ccc2c(c1)OC(C)(C)C=C2C(O)c1ccc(C(C)C)cc1. The number of hydrogen-bond donors (Lipinski definition) is 1. The van der Waals surface area contributed by atoms with Crippen LogP contribution in [0.1, 0.15) is 56.4 Å². The summed E-state index contributed by atoms with van der Waals surface area (Å²) in [6, 6.07) is 13.9. The Morgan fingerprint density at radius 3 is 2.24 bits per heavy atom. The molecule has 0 amide bonds. The molecule has 2 aromatic rings. The van der Waals surface area contributed by atoms with E-state index in [0.29, 0.717) is 5.92 Å². The van der Waals surface area contributed by atoms with Crippen LogP contribution in [0.25, 0.3) is 5.57 Å². The molecule has 1 aliphatic heterocycles. The molecule has 1 unspecified atom stereocenters. The minimum Gasteiger partial charge on any atom is -0.497 e. The zero-order valence-electron chi connectivity index (χ0n) is 15.5. The van der Waals surface area contributed by atoms with Crippen molar-refractivity contribution in [2.24, 2.45) is 0 Å². The second-order valence-corrected chi connectivity index (χ2v) is 7.39. The van der Waals surface area contributed by atoms with Crippen LogP contribution in [0.3, 0.4) is 0 Å². The lowest BCUT2D eigenvalue weighted by molar-refractivity contribution is 0.152. The van der Waals surface area contributed by atoms with E-state index in [1.54, 1.807) is 7.11 Å². The van der Waals surface area contributed by atoms with Crippen molar-refractivity contribution in [3.05, 3.63) is 65.2 Å².